The summed E-state index contributed by atoms with van der Waals surface area (Å²) in [4.78, 5) is 38.8. The Kier molecular flexibility index (Phi) is 5.84. The molecule has 0 spiro atoms. The number of nitrogens with zero attached hydrogens (tertiary/aromatic N) is 1. The number of imide groups is 1. The first kappa shape index (κ1) is 20.6. The molecule has 1 fully saturated rings. The number of hydrogen-bond acceptors (Lipinski definition) is 6. The van der Waals surface area contributed by atoms with E-state index in [1.807, 2.05) is 35.7 Å². The van der Waals surface area contributed by atoms with Crippen molar-refractivity contribution in [3.8, 4) is 5.75 Å². The smallest absolute Gasteiger partial charge is 0.334 e. The van der Waals surface area contributed by atoms with E-state index in [0.29, 0.717) is 10.3 Å². The van der Waals surface area contributed by atoms with Crippen LogP contribution in [-0.4, -0.2) is 40.2 Å². The summed E-state index contributed by atoms with van der Waals surface area (Å²) in [5, 5.41) is 0.338. The van der Waals surface area contributed by atoms with Crippen LogP contribution in [0.5, 0.6) is 5.75 Å². The van der Waals surface area contributed by atoms with Crippen molar-refractivity contribution >= 4 is 64.5 Å². The third kappa shape index (κ3) is 3.89. The lowest BCUT2D eigenvalue weighted by Crippen LogP contribution is -2.44. The Morgan fingerprint density at radius 3 is 2.07 bits per heavy atom. The quantitative estimate of drug-likeness (QED) is 0.355. The van der Waals surface area contributed by atoms with Gasteiger partial charge in [-0.25, -0.2) is 4.79 Å². The van der Waals surface area contributed by atoms with E-state index >= 15 is 0 Å². The molecule has 1 saturated heterocycles. The van der Waals surface area contributed by atoms with Crippen molar-refractivity contribution in [2.24, 2.45) is 0 Å². The third-order valence-corrected chi connectivity index (χ3v) is 8.51. The Labute approximate surface area is 186 Å². The van der Waals surface area contributed by atoms with Gasteiger partial charge in [-0.3, -0.25) is 14.5 Å². The van der Waals surface area contributed by atoms with Crippen molar-refractivity contribution in [2.45, 2.75) is 17.5 Å². The number of carbonyl (C=O) groups is 3. The largest absolute Gasteiger partial charge is 0.425 e. The molecule has 9 heteroatoms. The van der Waals surface area contributed by atoms with Gasteiger partial charge in [-0.1, -0.05) is 35.3 Å². The molecule has 0 unspecified atom stereocenters. The van der Waals surface area contributed by atoms with Crippen LogP contribution in [0, 0.1) is 0 Å². The molecule has 2 heterocycles. The zero-order chi connectivity index (χ0) is 20.7. The maximum atomic E-state index is 12.7. The summed E-state index contributed by atoms with van der Waals surface area (Å²) in [5.41, 5.74) is 1.42. The number of halogens is 2. The van der Waals surface area contributed by atoms with Gasteiger partial charge in [-0.05, 0) is 36.8 Å². The molecule has 2 aromatic carbocycles. The highest BCUT2D eigenvalue weighted by Gasteiger charge is 2.42. The molecule has 0 N–H and O–H groups in total. The van der Waals surface area contributed by atoms with Crippen LogP contribution < -0.4 is 4.74 Å². The molecule has 0 bridgehead atoms. The number of hydrogen-bond donors (Lipinski definition) is 0. The number of carbonyl (C=O) groups excluding carboxylic acids is 3. The molecule has 0 aliphatic carbocycles. The Morgan fingerprint density at radius 2 is 1.55 bits per heavy atom. The molecule has 29 heavy (non-hydrogen) atoms. The second-order valence-corrected chi connectivity index (χ2v) is 10.1. The van der Waals surface area contributed by atoms with E-state index in [1.165, 1.54) is 24.6 Å². The maximum absolute atomic E-state index is 12.7. The van der Waals surface area contributed by atoms with Crippen molar-refractivity contribution in [3.63, 3.8) is 0 Å². The highest BCUT2D eigenvalue weighted by atomic mass is 35.5. The minimum atomic E-state index is -1.10. The van der Waals surface area contributed by atoms with Crippen molar-refractivity contribution in [1.29, 1.82) is 0 Å². The highest BCUT2D eigenvalue weighted by Crippen LogP contribution is 2.45. The van der Waals surface area contributed by atoms with E-state index in [0.717, 1.165) is 16.4 Å². The average Bonchev–Trinajstić information content (AvgIpc) is 3.31. The Balaban J connectivity index is 1.48. The van der Waals surface area contributed by atoms with Crippen molar-refractivity contribution < 1.29 is 19.1 Å². The van der Waals surface area contributed by atoms with E-state index in [1.54, 1.807) is 12.1 Å². The SMILES string of the molecule is C[C@@H](C(=O)Oc1ccc(C2SCCS2)cc1)N1C(=O)c2cc(Cl)c(Cl)cc2C1=O. The van der Waals surface area contributed by atoms with Crippen LogP contribution in [0.25, 0.3) is 0 Å². The Morgan fingerprint density at radius 1 is 1.03 bits per heavy atom. The summed E-state index contributed by atoms with van der Waals surface area (Å²) in [6, 6.07) is 8.89. The molecule has 2 amide bonds. The van der Waals surface area contributed by atoms with Crippen LogP contribution in [0.1, 0.15) is 37.8 Å². The minimum absolute atomic E-state index is 0.125. The van der Waals surface area contributed by atoms with Crippen molar-refractivity contribution in [2.75, 3.05) is 11.5 Å². The first-order valence-corrected chi connectivity index (χ1v) is 11.6. The lowest BCUT2D eigenvalue weighted by molar-refractivity contribution is -0.138. The predicted octanol–water partition coefficient (Wildman–Crippen LogP) is 5.06. The Bertz CT molecular complexity index is 965. The fourth-order valence-electron chi connectivity index (χ4n) is 3.15. The molecular weight excluding hydrogens is 453 g/mol. The lowest BCUT2D eigenvalue weighted by Gasteiger charge is -2.20. The van der Waals surface area contributed by atoms with E-state index in [9.17, 15) is 14.4 Å². The lowest BCUT2D eigenvalue weighted by atomic mass is 10.1. The predicted molar refractivity (Wildman–Crippen MR) is 116 cm³/mol. The summed E-state index contributed by atoms with van der Waals surface area (Å²) in [7, 11) is 0. The molecular formula is C20H15Cl2NO4S2. The van der Waals surface area contributed by atoms with Crippen LogP contribution >= 0.6 is 46.7 Å². The fourth-order valence-corrected chi connectivity index (χ4v) is 6.34. The zero-order valence-corrected chi connectivity index (χ0v) is 18.3. The first-order valence-electron chi connectivity index (χ1n) is 8.78. The standard InChI is InChI=1S/C20H15Cl2NO4S2/c1-10(23-17(24)13-8-15(21)16(22)9-14(13)18(23)25)19(26)27-12-4-2-11(3-5-12)20-28-6-7-29-20/h2-5,8-10,20H,6-7H2,1H3/t10-/m0/s1. The van der Waals surface area contributed by atoms with E-state index in [2.05, 4.69) is 0 Å². The third-order valence-electron chi connectivity index (χ3n) is 4.68. The van der Waals surface area contributed by atoms with Crippen LogP contribution in [0.3, 0.4) is 0 Å². The van der Waals surface area contributed by atoms with Gasteiger partial charge in [0.15, 0.2) is 0 Å². The summed E-state index contributed by atoms with van der Waals surface area (Å²) in [6.45, 7) is 1.45. The summed E-state index contributed by atoms with van der Waals surface area (Å²) >= 11 is 15.7. The minimum Gasteiger partial charge on any atom is -0.425 e. The van der Waals surface area contributed by atoms with Gasteiger partial charge in [0.25, 0.3) is 11.8 Å². The Hall–Kier alpha value is -1.67. The van der Waals surface area contributed by atoms with Gasteiger partial charge in [-0.15, -0.1) is 23.5 Å². The van der Waals surface area contributed by atoms with Gasteiger partial charge < -0.3 is 4.74 Å². The van der Waals surface area contributed by atoms with Crippen LogP contribution in [0.4, 0.5) is 0 Å². The molecule has 0 saturated carbocycles. The summed E-state index contributed by atoms with van der Waals surface area (Å²) in [6.07, 6.45) is 0. The second kappa shape index (κ2) is 8.22. The number of amides is 2. The normalized spacial score (nSPS) is 17.6. The second-order valence-electron chi connectivity index (χ2n) is 6.53. The van der Waals surface area contributed by atoms with Crippen LogP contribution in [0.15, 0.2) is 36.4 Å². The number of esters is 1. The van der Waals surface area contributed by atoms with Gasteiger partial charge in [0, 0.05) is 11.5 Å². The van der Waals surface area contributed by atoms with Crippen molar-refractivity contribution in [1.82, 2.24) is 4.90 Å². The van der Waals surface area contributed by atoms with Crippen LogP contribution in [0.2, 0.25) is 10.0 Å². The van der Waals surface area contributed by atoms with E-state index < -0.39 is 23.8 Å². The fraction of sp³-hybridized carbons (Fsp3) is 0.250. The van der Waals surface area contributed by atoms with E-state index in [-0.39, 0.29) is 21.2 Å². The molecule has 2 aromatic rings. The number of thioether (sulfide) groups is 2. The molecule has 5 nitrogen and oxygen atoms in total. The highest BCUT2D eigenvalue weighted by molar-refractivity contribution is 8.19. The first-order chi connectivity index (χ1) is 13.9. The van der Waals surface area contributed by atoms with Crippen LogP contribution in [-0.2, 0) is 4.79 Å². The topological polar surface area (TPSA) is 63.7 Å². The summed E-state index contributed by atoms with van der Waals surface area (Å²) < 4.78 is 5.80. The average molecular weight is 468 g/mol. The molecule has 0 aromatic heterocycles. The van der Waals surface area contributed by atoms with E-state index in [4.69, 9.17) is 27.9 Å². The zero-order valence-electron chi connectivity index (χ0n) is 15.2. The van der Waals surface area contributed by atoms with Gasteiger partial charge in [0.1, 0.15) is 11.8 Å². The van der Waals surface area contributed by atoms with Gasteiger partial charge in [0.2, 0.25) is 0 Å². The number of benzene rings is 2. The maximum Gasteiger partial charge on any atom is 0.334 e. The molecule has 0 radical (unpaired) electrons. The summed E-state index contributed by atoms with van der Waals surface area (Å²) in [5.74, 6) is 0.716. The molecule has 2 aliphatic rings. The molecule has 2 aliphatic heterocycles. The molecule has 4 rings (SSSR count). The number of fused-ring (bicyclic) bond motifs is 1. The molecule has 1 atom stereocenters. The van der Waals surface area contributed by atoms with Gasteiger partial charge >= 0.3 is 5.97 Å². The number of ether oxygens (including phenoxy) is 1. The van der Waals surface area contributed by atoms with Crippen molar-refractivity contribution in [3.05, 3.63) is 63.1 Å². The number of rotatable bonds is 4. The van der Waals surface area contributed by atoms with Gasteiger partial charge in [0.05, 0.1) is 25.8 Å². The molecule has 150 valence electrons. The van der Waals surface area contributed by atoms with Gasteiger partial charge in [-0.2, -0.15) is 0 Å². The monoisotopic (exact) mass is 467 g/mol.